The molecule has 0 radical (unpaired) electrons. The highest BCUT2D eigenvalue weighted by Gasteiger charge is 2.49. The van der Waals surface area contributed by atoms with Crippen molar-refractivity contribution in [3.8, 4) is 11.3 Å². The first-order valence-corrected chi connectivity index (χ1v) is 10.0. The number of carbonyl (C=O) groups is 2. The number of aromatic amines is 1. The van der Waals surface area contributed by atoms with E-state index in [1.165, 1.54) is 0 Å². The molecule has 2 aromatic carbocycles. The van der Waals surface area contributed by atoms with Crippen LogP contribution in [0.1, 0.15) is 22.3 Å². The molecular formula is C23H22N4O3. The van der Waals surface area contributed by atoms with Gasteiger partial charge in [-0.1, -0.05) is 42.5 Å². The Morgan fingerprint density at radius 1 is 1.10 bits per heavy atom. The van der Waals surface area contributed by atoms with Gasteiger partial charge in [0.15, 0.2) is 0 Å². The number of amides is 2. The Labute approximate surface area is 174 Å². The Hall–Kier alpha value is -3.45. The maximum absolute atomic E-state index is 13.1. The van der Waals surface area contributed by atoms with Crippen molar-refractivity contribution in [1.29, 1.82) is 0 Å². The zero-order valence-electron chi connectivity index (χ0n) is 16.4. The first-order valence-electron chi connectivity index (χ1n) is 10.0. The van der Waals surface area contributed by atoms with Crippen LogP contribution in [0.2, 0.25) is 0 Å². The van der Waals surface area contributed by atoms with Gasteiger partial charge in [0.25, 0.3) is 5.91 Å². The van der Waals surface area contributed by atoms with Gasteiger partial charge in [-0.2, -0.15) is 5.10 Å². The molecule has 0 saturated carbocycles. The van der Waals surface area contributed by atoms with E-state index in [2.05, 4.69) is 15.5 Å². The first kappa shape index (κ1) is 18.6. The van der Waals surface area contributed by atoms with Gasteiger partial charge in [-0.05, 0) is 35.7 Å². The summed E-state index contributed by atoms with van der Waals surface area (Å²) in [5.74, 6) is -0.155. The summed E-state index contributed by atoms with van der Waals surface area (Å²) < 4.78 is 5.92. The van der Waals surface area contributed by atoms with Gasteiger partial charge in [0.1, 0.15) is 12.7 Å². The third-order valence-corrected chi connectivity index (χ3v) is 6.01. The molecule has 3 heterocycles. The third-order valence-electron chi connectivity index (χ3n) is 6.01. The SMILES string of the molecule is O=C1CO[C@@H]2CN(C(=O)c3ccc(-c4ccn[nH]4)cc3)CC[C@@]2(c2ccccc2)N1. The maximum atomic E-state index is 13.1. The first-order chi connectivity index (χ1) is 14.7. The zero-order chi connectivity index (χ0) is 20.6. The van der Waals surface area contributed by atoms with Crippen molar-refractivity contribution in [2.75, 3.05) is 19.7 Å². The normalized spacial score (nSPS) is 23.5. The average Bonchev–Trinajstić information content (AvgIpc) is 3.34. The van der Waals surface area contributed by atoms with Crippen molar-refractivity contribution in [3.05, 3.63) is 78.0 Å². The van der Waals surface area contributed by atoms with Gasteiger partial charge >= 0.3 is 0 Å². The summed E-state index contributed by atoms with van der Waals surface area (Å²) in [5, 5.41) is 10.0. The molecule has 0 spiro atoms. The topological polar surface area (TPSA) is 87.3 Å². The standard InChI is InChI=1S/C23H22N4O3/c28-21-15-30-20-14-27(13-11-23(20,25-21)18-4-2-1-3-5-18)22(29)17-8-6-16(7-9-17)19-10-12-24-26-19/h1-10,12,20H,11,13-15H2,(H,24,26)(H,25,28)/t20-,23+/m1/s1. The van der Waals surface area contributed by atoms with Gasteiger partial charge in [0.2, 0.25) is 5.91 Å². The molecule has 2 amide bonds. The molecule has 2 aliphatic heterocycles. The number of rotatable bonds is 3. The maximum Gasteiger partial charge on any atom is 0.253 e. The second-order valence-corrected chi connectivity index (χ2v) is 7.73. The van der Waals surface area contributed by atoms with E-state index in [-0.39, 0.29) is 24.5 Å². The molecule has 2 saturated heterocycles. The number of likely N-dealkylation sites (tertiary alicyclic amines) is 1. The Morgan fingerprint density at radius 2 is 1.90 bits per heavy atom. The summed E-state index contributed by atoms with van der Waals surface area (Å²) in [5.41, 5.74) is 2.93. The minimum atomic E-state index is -0.599. The number of carbonyl (C=O) groups excluding carboxylic acids is 2. The van der Waals surface area contributed by atoms with E-state index in [0.717, 1.165) is 16.8 Å². The van der Waals surface area contributed by atoms with Crippen molar-refractivity contribution < 1.29 is 14.3 Å². The highest BCUT2D eigenvalue weighted by Crippen LogP contribution is 2.37. The van der Waals surface area contributed by atoms with E-state index >= 15 is 0 Å². The van der Waals surface area contributed by atoms with E-state index in [1.807, 2.05) is 65.6 Å². The Bertz CT molecular complexity index is 1050. The van der Waals surface area contributed by atoms with Crippen LogP contribution in [0, 0.1) is 0 Å². The molecule has 3 aromatic rings. The molecule has 1 aromatic heterocycles. The Kier molecular flexibility index (Phi) is 4.59. The van der Waals surface area contributed by atoms with Crippen LogP contribution in [0.4, 0.5) is 0 Å². The summed E-state index contributed by atoms with van der Waals surface area (Å²) in [6, 6.07) is 19.3. The lowest BCUT2D eigenvalue weighted by atomic mass is 9.77. The van der Waals surface area contributed by atoms with Crippen LogP contribution in [0.5, 0.6) is 0 Å². The molecule has 7 heteroatoms. The van der Waals surface area contributed by atoms with Gasteiger partial charge in [-0.3, -0.25) is 14.7 Å². The minimum Gasteiger partial charge on any atom is -0.364 e. The van der Waals surface area contributed by atoms with E-state index in [0.29, 0.717) is 25.1 Å². The van der Waals surface area contributed by atoms with E-state index < -0.39 is 5.54 Å². The second-order valence-electron chi connectivity index (χ2n) is 7.73. The van der Waals surface area contributed by atoms with Crippen molar-refractivity contribution >= 4 is 11.8 Å². The molecule has 2 aliphatic rings. The smallest absolute Gasteiger partial charge is 0.253 e. The number of nitrogens with zero attached hydrogens (tertiary/aromatic N) is 2. The number of hydrogen-bond donors (Lipinski definition) is 2. The van der Waals surface area contributed by atoms with Gasteiger partial charge in [0.05, 0.1) is 11.2 Å². The van der Waals surface area contributed by atoms with Crippen LogP contribution in [0.3, 0.4) is 0 Å². The van der Waals surface area contributed by atoms with Gasteiger partial charge in [-0.15, -0.1) is 0 Å². The van der Waals surface area contributed by atoms with Crippen LogP contribution in [-0.4, -0.2) is 52.7 Å². The van der Waals surface area contributed by atoms with Crippen LogP contribution >= 0.6 is 0 Å². The molecule has 0 unspecified atom stereocenters. The second kappa shape index (κ2) is 7.42. The lowest BCUT2D eigenvalue weighted by Gasteiger charge is -2.50. The molecule has 2 fully saturated rings. The Morgan fingerprint density at radius 3 is 2.63 bits per heavy atom. The highest BCUT2D eigenvalue weighted by molar-refractivity contribution is 5.95. The molecule has 2 N–H and O–H groups in total. The molecule has 2 atom stereocenters. The number of benzene rings is 2. The van der Waals surface area contributed by atoms with Gasteiger partial charge in [-0.25, -0.2) is 0 Å². The number of aromatic nitrogens is 2. The molecular weight excluding hydrogens is 380 g/mol. The quantitative estimate of drug-likeness (QED) is 0.704. The lowest BCUT2D eigenvalue weighted by Crippen LogP contribution is -2.67. The fraction of sp³-hybridized carbons (Fsp3) is 0.261. The largest absolute Gasteiger partial charge is 0.364 e. The average molecular weight is 402 g/mol. The number of hydrogen-bond acceptors (Lipinski definition) is 4. The third kappa shape index (κ3) is 3.17. The fourth-order valence-electron chi connectivity index (χ4n) is 4.43. The number of H-pyrrole nitrogens is 1. The van der Waals surface area contributed by atoms with Crippen LogP contribution in [-0.2, 0) is 15.1 Å². The minimum absolute atomic E-state index is 0.0140. The summed E-state index contributed by atoms with van der Waals surface area (Å²) in [6.45, 7) is 0.979. The summed E-state index contributed by atoms with van der Waals surface area (Å²) in [4.78, 5) is 27.1. The van der Waals surface area contributed by atoms with Crippen LogP contribution in [0.15, 0.2) is 66.9 Å². The molecule has 30 heavy (non-hydrogen) atoms. The van der Waals surface area contributed by atoms with Crippen molar-refractivity contribution in [2.45, 2.75) is 18.1 Å². The number of morpholine rings is 1. The Balaban J connectivity index is 1.37. The number of ether oxygens (including phenoxy) is 1. The fourth-order valence-corrected chi connectivity index (χ4v) is 4.43. The van der Waals surface area contributed by atoms with E-state index in [4.69, 9.17) is 4.74 Å². The summed E-state index contributed by atoms with van der Waals surface area (Å²) in [6.07, 6.45) is 2.01. The highest BCUT2D eigenvalue weighted by atomic mass is 16.5. The zero-order valence-corrected chi connectivity index (χ0v) is 16.4. The molecule has 7 nitrogen and oxygen atoms in total. The number of nitrogens with one attached hydrogen (secondary N) is 2. The van der Waals surface area contributed by atoms with Crippen molar-refractivity contribution in [2.24, 2.45) is 0 Å². The van der Waals surface area contributed by atoms with Crippen LogP contribution in [0.25, 0.3) is 11.3 Å². The van der Waals surface area contributed by atoms with E-state index in [1.54, 1.807) is 6.20 Å². The molecule has 5 rings (SSSR count). The summed E-state index contributed by atoms with van der Waals surface area (Å²) in [7, 11) is 0. The number of fused-ring (bicyclic) bond motifs is 1. The van der Waals surface area contributed by atoms with Crippen molar-refractivity contribution in [3.63, 3.8) is 0 Å². The van der Waals surface area contributed by atoms with Gasteiger partial charge in [0, 0.05) is 24.8 Å². The monoisotopic (exact) mass is 402 g/mol. The predicted molar refractivity (Wildman–Crippen MR) is 111 cm³/mol. The molecule has 152 valence electrons. The van der Waals surface area contributed by atoms with Gasteiger partial charge < -0.3 is 15.0 Å². The lowest BCUT2D eigenvalue weighted by molar-refractivity contribution is -0.150. The predicted octanol–water partition coefficient (Wildman–Crippen LogP) is 2.33. The number of piperidine rings is 1. The summed E-state index contributed by atoms with van der Waals surface area (Å²) >= 11 is 0. The van der Waals surface area contributed by atoms with E-state index in [9.17, 15) is 9.59 Å². The molecule has 0 aliphatic carbocycles. The van der Waals surface area contributed by atoms with Crippen LogP contribution < -0.4 is 5.32 Å². The van der Waals surface area contributed by atoms with Crippen molar-refractivity contribution in [1.82, 2.24) is 20.4 Å². The molecule has 0 bridgehead atoms.